The van der Waals surface area contributed by atoms with Crippen LogP contribution in [0.5, 0.6) is 0 Å². The summed E-state index contributed by atoms with van der Waals surface area (Å²) in [5.41, 5.74) is 11.4. The maximum absolute atomic E-state index is 9.75. The fourth-order valence-corrected chi connectivity index (χ4v) is 7.17. The van der Waals surface area contributed by atoms with E-state index >= 15 is 0 Å². The summed E-state index contributed by atoms with van der Waals surface area (Å²) in [5.74, 6) is -0.0660. The Morgan fingerprint density at radius 1 is 0.581 bits per heavy atom. The highest BCUT2D eigenvalue weighted by Gasteiger charge is 2.33. The van der Waals surface area contributed by atoms with Gasteiger partial charge in [0.25, 0.3) is 0 Å². The molecule has 0 radical (unpaired) electrons. The lowest BCUT2D eigenvalue weighted by Crippen LogP contribution is -2.00. The van der Waals surface area contributed by atoms with Gasteiger partial charge in [-0.3, -0.25) is 0 Å². The molecule has 2 heterocycles. The summed E-state index contributed by atoms with van der Waals surface area (Å²) in [6.07, 6.45) is 0. The second-order valence-corrected chi connectivity index (χ2v) is 11.1. The van der Waals surface area contributed by atoms with Crippen LogP contribution < -0.4 is 0 Å². The molecule has 2 aromatic heterocycles. The van der Waals surface area contributed by atoms with Gasteiger partial charge in [-0.05, 0) is 64.7 Å². The smallest absolute Gasteiger partial charge is 0.145 e. The van der Waals surface area contributed by atoms with Gasteiger partial charge >= 0.3 is 0 Å². The molecule has 4 nitrogen and oxygen atoms in total. The van der Waals surface area contributed by atoms with Crippen LogP contribution in [0.2, 0.25) is 0 Å². The molecule has 1 unspecified atom stereocenters. The number of benzene rings is 6. The number of fused-ring (bicyclic) bond motifs is 11. The number of hydrogen-bond acceptors (Lipinski definition) is 3. The summed E-state index contributed by atoms with van der Waals surface area (Å²) in [4.78, 5) is 0. The number of rotatable bonds is 2. The number of furan rings is 1. The molecule has 8 aromatic rings. The Kier molecular flexibility index (Phi) is 4.77. The summed E-state index contributed by atoms with van der Waals surface area (Å²) in [7, 11) is 0. The maximum atomic E-state index is 9.75. The predicted octanol–water partition coefficient (Wildman–Crippen LogP) is 9.59. The van der Waals surface area contributed by atoms with E-state index in [1.165, 1.54) is 5.56 Å². The third-order valence-corrected chi connectivity index (χ3v) is 8.96. The van der Waals surface area contributed by atoms with Crippen molar-refractivity contribution in [1.29, 1.82) is 10.5 Å². The average Bonchev–Trinajstić information content (AvgIpc) is 3.72. The molecule has 0 N–H and O–H groups in total. The zero-order chi connectivity index (χ0) is 28.7. The zero-order valence-electron chi connectivity index (χ0n) is 22.9. The summed E-state index contributed by atoms with van der Waals surface area (Å²) >= 11 is 0. The monoisotopic (exact) mass is 547 g/mol. The van der Waals surface area contributed by atoms with Crippen LogP contribution in [0, 0.1) is 22.7 Å². The molecule has 198 valence electrons. The molecule has 0 amide bonds. The number of para-hydroxylation sites is 2. The largest absolute Gasteiger partial charge is 0.455 e. The Labute approximate surface area is 246 Å². The van der Waals surface area contributed by atoms with Crippen molar-refractivity contribution < 1.29 is 4.42 Å². The Hall–Kier alpha value is -6.10. The van der Waals surface area contributed by atoms with Gasteiger partial charge in [-0.1, -0.05) is 78.9 Å². The van der Waals surface area contributed by atoms with Crippen LogP contribution in [-0.4, -0.2) is 4.57 Å². The van der Waals surface area contributed by atoms with Crippen LogP contribution in [0.1, 0.15) is 33.7 Å². The first-order valence-corrected chi connectivity index (χ1v) is 14.3. The topological polar surface area (TPSA) is 65.7 Å². The molecule has 1 aliphatic rings. The van der Waals surface area contributed by atoms with Gasteiger partial charge in [0.05, 0.1) is 27.5 Å². The molecule has 6 aromatic carbocycles. The van der Waals surface area contributed by atoms with Crippen LogP contribution in [0.3, 0.4) is 0 Å². The third kappa shape index (κ3) is 3.13. The molecular formula is C39H21N3O. The number of hydrogen-bond donors (Lipinski definition) is 0. The first-order chi connectivity index (χ1) is 21.3. The van der Waals surface area contributed by atoms with E-state index < -0.39 is 0 Å². The second-order valence-electron chi connectivity index (χ2n) is 11.1. The lowest BCUT2D eigenvalue weighted by Gasteiger charge is -2.15. The van der Waals surface area contributed by atoms with Crippen molar-refractivity contribution in [2.24, 2.45) is 0 Å². The van der Waals surface area contributed by atoms with Crippen molar-refractivity contribution in [1.82, 2.24) is 4.57 Å². The molecule has 0 spiro atoms. The first kappa shape index (κ1) is 23.6. The summed E-state index contributed by atoms with van der Waals surface area (Å²) in [6, 6.07) is 46.1. The Morgan fingerprint density at radius 3 is 2.19 bits per heavy atom. The van der Waals surface area contributed by atoms with Crippen LogP contribution in [0.15, 0.2) is 126 Å². The molecule has 0 saturated heterocycles. The van der Waals surface area contributed by atoms with E-state index in [2.05, 4.69) is 114 Å². The standard InChI is InChI=1S/C39H21N3O/c40-21-24-15-14-23(20-25(24)22-41)35-27-10-4-5-11-28(27)36-32(35)17-16-29-30-18-19-34-37(39(30)43-38(29)36)31-12-6-7-13-33(31)42(34)26-8-2-1-3-9-26/h1-20,35H. The lowest BCUT2D eigenvalue weighted by atomic mass is 9.87. The zero-order valence-corrected chi connectivity index (χ0v) is 22.9. The Balaban J connectivity index is 1.36. The first-order valence-electron chi connectivity index (χ1n) is 14.3. The van der Waals surface area contributed by atoms with E-state index in [1.807, 2.05) is 18.2 Å². The number of aromatic nitrogens is 1. The lowest BCUT2D eigenvalue weighted by molar-refractivity contribution is 0.673. The van der Waals surface area contributed by atoms with Gasteiger partial charge in [0.2, 0.25) is 0 Å². The van der Waals surface area contributed by atoms with Crippen LogP contribution >= 0.6 is 0 Å². The molecule has 0 fully saturated rings. The molecule has 1 aliphatic carbocycles. The minimum Gasteiger partial charge on any atom is -0.455 e. The molecule has 9 rings (SSSR count). The van der Waals surface area contributed by atoms with E-state index in [0.717, 1.165) is 71.7 Å². The van der Waals surface area contributed by atoms with Crippen molar-refractivity contribution in [3.63, 3.8) is 0 Å². The second kappa shape index (κ2) is 8.70. The molecule has 0 saturated carbocycles. The fourth-order valence-electron chi connectivity index (χ4n) is 7.17. The van der Waals surface area contributed by atoms with Crippen molar-refractivity contribution in [3.8, 4) is 29.0 Å². The van der Waals surface area contributed by atoms with Crippen molar-refractivity contribution in [3.05, 3.63) is 149 Å². The average molecular weight is 548 g/mol. The van der Waals surface area contributed by atoms with Crippen LogP contribution in [0.4, 0.5) is 0 Å². The summed E-state index contributed by atoms with van der Waals surface area (Å²) in [6.45, 7) is 0. The number of nitriles is 2. The van der Waals surface area contributed by atoms with Crippen molar-refractivity contribution in [2.45, 2.75) is 5.92 Å². The van der Waals surface area contributed by atoms with Gasteiger partial charge in [0, 0.05) is 33.3 Å². The molecule has 4 heteroatoms. The SMILES string of the molecule is N#Cc1ccc(C2c3ccccc3-c3c2ccc2c3oc3c2ccc2c3c3ccccc3n2-c2ccccc2)cc1C#N. The van der Waals surface area contributed by atoms with Gasteiger partial charge in [-0.15, -0.1) is 0 Å². The van der Waals surface area contributed by atoms with Crippen molar-refractivity contribution in [2.75, 3.05) is 0 Å². The van der Waals surface area contributed by atoms with Gasteiger partial charge in [0.1, 0.15) is 23.3 Å². The van der Waals surface area contributed by atoms with E-state index in [9.17, 15) is 10.5 Å². The summed E-state index contributed by atoms with van der Waals surface area (Å²) in [5, 5.41) is 23.7. The van der Waals surface area contributed by atoms with Gasteiger partial charge in [0.15, 0.2) is 0 Å². The fraction of sp³-hybridized carbons (Fsp3) is 0.0256. The van der Waals surface area contributed by atoms with E-state index in [1.54, 1.807) is 6.07 Å². The van der Waals surface area contributed by atoms with Crippen molar-refractivity contribution >= 4 is 43.7 Å². The molecule has 0 bridgehead atoms. The molecular weight excluding hydrogens is 526 g/mol. The van der Waals surface area contributed by atoms with Crippen LogP contribution in [-0.2, 0) is 0 Å². The predicted molar refractivity (Wildman–Crippen MR) is 170 cm³/mol. The van der Waals surface area contributed by atoms with E-state index in [4.69, 9.17) is 4.42 Å². The Morgan fingerprint density at radius 2 is 1.33 bits per heavy atom. The quantitative estimate of drug-likeness (QED) is 0.216. The maximum Gasteiger partial charge on any atom is 0.145 e. The highest BCUT2D eigenvalue weighted by Crippen LogP contribution is 2.53. The van der Waals surface area contributed by atoms with Crippen LogP contribution in [0.25, 0.3) is 60.6 Å². The minimum absolute atomic E-state index is 0.0660. The van der Waals surface area contributed by atoms with Gasteiger partial charge < -0.3 is 8.98 Å². The molecule has 0 aliphatic heterocycles. The molecule has 43 heavy (non-hydrogen) atoms. The highest BCUT2D eigenvalue weighted by atomic mass is 16.3. The highest BCUT2D eigenvalue weighted by molar-refractivity contribution is 6.25. The minimum atomic E-state index is -0.0660. The summed E-state index contributed by atoms with van der Waals surface area (Å²) < 4.78 is 9.29. The normalized spacial score (nSPS) is 13.8. The molecule has 1 atom stereocenters. The Bertz CT molecular complexity index is 2540. The van der Waals surface area contributed by atoms with E-state index in [0.29, 0.717) is 11.1 Å². The van der Waals surface area contributed by atoms with Gasteiger partial charge in [-0.2, -0.15) is 10.5 Å². The van der Waals surface area contributed by atoms with E-state index in [-0.39, 0.29) is 5.92 Å². The number of nitrogens with zero attached hydrogens (tertiary/aromatic N) is 3. The van der Waals surface area contributed by atoms with Gasteiger partial charge in [-0.25, -0.2) is 0 Å². The third-order valence-electron chi connectivity index (χ3n) is 8.96.